The van der Waals surface area contributed by atoms with Crippen LogP contribution in [0.3, 0.4) is 0 Å². The van der Waals surface area contributed by atoms with Crippen molar-refractivity contribution in [1.29, 1.82) is 0 Å². The molecule has 1 saturated heterocycles. The van der Waals surface area contributed by atoms with Crippen LogP contribution in [0.15, 0.2) is 48.7 Å². The summed E-state index contributed by atoms with van der Waals surface area (Å²) in [6.45, 7) is 7.45. The minimum Gasteiger partial charge on any atom is -0.481 e. The van der Waals surface area contributed by atoms with Gasteiger partial charge < -0.3 is 20.3 Å². The lowest BCUT2D eigenvalue weighted by Crippen LogP contribution is -2.46. The first-order chi connectivity index (χ1) is 14.2. The Balaban J connectivity index is 1.26. The van der Waals surface area contributed by atoms with Crippen molar-refractivity contribution in [3.8, 4) is 5.88 Å². The number of methoxy groups -OCH3 is 1. The van der Waals surface area contributed by atoms with Gasteiger partial charge >= 0.3 is 6.03 Å². The number of nitrogens with zero attached hydrogens (tertiary/aromatic N) is 3. The number of aromatic nitrogens is 1. The van der Waals surface area contributed by atoms with Gasteiger partial charge in [-0.3, -0.25) is 4.90 Å². The standard InChI is InChI=1S/C22H31N5O2/c1-29-21-20(9-5-10-23-21)17-25-22(28)24-11-6-12-26-13-15-27(16-14-26)18-19-7-3-2-4-8-19/h2-5,7-10H,6,11-18H2,1H3,(H2,24,25,28). The summed E-state index contributed by atoms with van der Waals surface area (Å²) >= 11 is 0. The van der Waals surface area contributed by atoms with Crippen molar-refractivity contribution in [3.05, 3.63) is 59.8 Å². The molecule has 0 radical (unpaired) electrons. The highest BCUT2D eigenvalue weighted by Gasteiger charge is 2.16. The molecule has 2 amide bonds. The van der Waals surface area contributed by atoms with E-state index in [9.17, 15) is 4.79 Å². The number of nitrogens with one attached hydrogen (secondary N) is 2. The molecule has 1 aromatic heterocycles. The first kappa shape index (κ1) is 21.1. The van der Waals surface area contributed by atoms with E-state index in [1.807, 2.05) is 12.1 Å². The molecule has 1 fully saturated rings. The molecule has 1 aliphatic rings. The summed E-state index contributed by atoms with van der Waals surface area (Å²) in [4.78, 5) is 21.1. The fourth-order valence-electron chi connectivity index (χ4n) is 3.50. The summed E-state index contributed by atoms with van der Waals surface area (Å²) in [5.41, 5.74) is 2.23. The van der Waals surface area contributed by atoms with Gasteiger partial charge in [0.15, 0.2) is 0 Å². The van der Waals surface area contributed by atoms with Gasteiger partial charge in [-0.25, -0.2) is 9.78 Å². The van der Waals surface area contributed by atoms with Crippen LogP contribution in [0.2, 0.25) is 0 Å². The van der Waals surface area contributed by atoms with Crippen molar-refractivity contribution in [3.63, 3.8) is 0 Å². The van der Waals surface area contributed by atoms with Crippen molar-refractivity contribution >= 4 is 6.03 Å². The SMILES string of the molecule is COc1ncccc1CNC(=O)NCCCN1CCN(Cc2ccccc2)CC1. The van der Waals surface area contributed by atoms with Crippen molar-refractivity contribution in [1.82, 2.24) is 25.4 Å². The van der Waals surface area contributed by atoms with Gasteiger partial charge in [0.05, 0.1) is 7.11 Å². The molecule has 1 aliphatic heterocycles. The summed E-state index contributed by atoms with van der Waals surface area (Å²) < 4.78 is 5.19. The Morgan fingerprint density at radius 2 is 1.79 bits per heavy atom. The fraction of sp³-hybridized carbons (Fsp3) is 0.455. The molecular formula is C22H31N5O2. The number of carbonyl (C=O) groups is 1. The second-order valence-corrected chi connectivity index (χ2v) is 7.24. The molecule has 0 saturated carbocycles. The Labute approximate surface area is 173 Å². The van der Waals surface area contributed by atoms with Crippen LogP contribution in [0.4, 0.5) is 4.79 Å². The Morgan fingerprint density at radius 3 is 2.55 bits per heavy atom. The molecule has 2 heterocycles. The normalized spacial score (nSPS) is 15.1. The maximum absolute atomic E-state index is 12.0. The van der Waals surface area contributed by atoms with Crippen LogP contribution >= 0.6 is 0 Å². The zero-order valence-corrected chi connectivity index (χ0v) is 17.1. The average Bonchev–Trinajstić information content (AvgIpc) is 2.77. The van der Waals surface area contributed by atoms with E-state index in [-0.39, 0.29) is 6.03 Å². The van der Waals surface area contributed by atoms with Crippen LogP contribution in [0.5, 0.6) is 5.88 Å². The number of hydrogen-bond acceptors (Lipinski definition) is 5. The molecule has 2 aromatic rings. The number of piperazine rings is 1. The van der Waals surface area contributed by atoms with E-state index in [1.54, 1.807) is 13.3 Å². The predicted octanol–water partition coefficient (Wildman–Crippen LogP) is 2.10. The monoisotopic (exact) mass is 397 g/mol. The molecule has 0 unspecified atom stereocenters. The van der Waals surface area contributed by atoms with E-state index >= 15 is 0 Å². The number of ether oxygens (including phenoxy) is 1. The fourth-order valence-corrected chi connectivity index (χ4v) is 3.50. The van der Waals surface area contributed by atoms with Crippen molar-refractivity contribution < 1.29 is 9.53 Å². The minimum absolute atomic E-state index is 0.163. The number of pyridine rings is 1. The summed E-state index contributed by atoms with van der Waals surface area (Å²) in [6.07, 6.45) is 2.62. The molecule has 1 aromatic carbocycles. The lowest BCUT2D eigenvalue weighted by molar-refractivity contribution is 0.126. The summed E-state index contributed by atoms with van der Waals surface area (Å²) in [6, 6.07) is 14.2. The minimum atomic E-state index is -0.163. The third kappa shape index (κ3) is 7.03. The zero-order valence-electron chi connectivity index (χ0n) is 17.1. The highest BCUT2D eigenvalue weighted by atomic mass is 16.5. The first-order valence-corrected chi connectivity index (χ1v) is 10.2. The Kier molecular flexibility index (Phi) is 8.27. The van der Waals surface area contributed by atoms with Gasteiger partial charge in [-0.05, 0) is 24.6 Å². The molecule has 3 rings (SSSR count). The molecule has 0 spiro atoms. The van der Waals surface area contributed by atoms with Crippen molar-refractivity contribution in [2.45, 2.75) is 19.5 Å². The van der Waals surface area contributed by atoms with Gasteiger partial charge in [0.1, 0.15) is 0 Å². The van der Waals surface area contributed by atoms with E-state index < -0.39 is 0 Å². The van der Waals surface area contributed by atoms with Gasteiger partial charge in [-0.15, -0.1) is 0 Å². The summed E-state index contributed by atoms with van der Waals surface area (Å²) in [5.74, 6) is 0.541. The van der Waals surface area contributed by atoms with E-state index in [2.05, 4.69) is 55.7 Å². The van der Waals surface area contributed by atoms with Crippen LogP contribution in [0, 0.1) is 0 Å². The predicted molar refractivity (Wildman–Crippen MR) is 114 cm³/mol. The lowest BCUT2D eigenvalue weighted by Gasteiger charge is -2.34. The number of urea groups is 1. The molecule has 7 heteroatoms. The number of rotatable bonds is 9. The van der Waals surface area contributed by atoms with Crippen molar-refractivity contribution in [2.24, 2.45) is 0 Å². The molecule has 0 aliphatic carbocycles. The Bertz CT molecular complexity index is 748. The Hall–Kier alpha value is -2.64. The van der Waals surface area contributed by atoms with E-state index in [1.165, 1.54) is 5.56 Å². The van der Waals surface area contributed by atoms with Crippen LogP contribution in [0.25, 0.3) is 0 Å². The quantitative estimate of drug-likeness (QED) is 0.634. The topological polar surface area (TPSA) is 69.7 Å². The molecule has 29 heavy (non-hydrogen) atoms. The van der Waals surface area contributed by atoms with Crippen LogP contribution in [-0.4, -0.2) is 67.2 Å². The highest BCUT2D eigenvalue weighted by molar-refractivity contribution is 5.73. The summed E-state index contributed by atoms with van der Waals surface area (Å²) in [7, 11) is 1.58. The maximum Gasteiger partial charge on any atom is 0.315 e. The van der Waals surface area contributed by atoms with E-state index in [0.29, 0.717) is 19.0 Å². The molecule has 156 valence electrons. The summed E-state index contributed by atoms with van der Waals surface area (Å²) in [5, 5.41) is 5.77. The van der Waals surface area contributed by atoms with Gasteiger partial charge in [0, 0.05) is 57.6 Å². The number of benzene rings is 1. The third-order valence-electron chi connectivity index (χ3n) is 5.13. The average molecular weight is 398 g/mol. The highest BCUT2D eigenvalue weighted by Crippen LogP contribution is 2.12. The second kappa shape index (κ2) is 11.4. The number of amides is 2. The van der Waals surface area contributed by atoms with Gasteiger partial charge in [-0.2, -0.15) is 0 Å². The van der Waals surface area contributed by atoms with Crippen LogP contribution in [0.1, 0.15) is 17.5 Å². The first-order valence-electron chi connectivity index (χ1n) is 10.2. The van der Waals surface area contributed by atoms with Crippen molar-refractivity contribution in [2.75, 3.05) is 46.4 Å². The van der Waals surface area contributed by atoms with E-state index in [4.69, 9.17) is 4.74 Å². The van der Waals surface area contributed by atoms with Crippen LogP contribution < -0.4 is 15.4 Å². The molecular weight excluding hydrogens is 366 g/mol. The van der Waals surface area contributed by atoms with Gasteiger partial charge in [-0.1, -0.05) is 36.4 Å². The third-order valence-corrected chi connectivity index (χ3v) is 5.13. The second-order valence-electron chi connectivity index (χ2n) is 7.24. The van der Waals surface area contributed by atoms with Gasteiger partial charge in [0.2, 0.25) is 5.88 Å². The van der Waals surface area contributed by atoms with Crippen LogP contribution in [-0.2, 0) is 13.1 Å². The molecule has 2 N–H and O–H groups in total. The number of carbonyl (C=O) groups excluding carboxylic acids is 1. The zero-order chi connectivity index (χ0) is 20.3. The number of hydrogen-bond donors (Lipinski definition) is 2. The molecule has 0 atom stereocenters. The molecule has 7 nitrogen and oxygen atoms in total. The smallest absolute Gasteiger partial charge is 0.315 e. The Morgan fingerprint density at radius 1 is 1.03 bits per heavy atom. The maximum atomic E-state index is 12.0. The largest absolute Gasteiger partial charge is 0.481 e. The van der Waals surface area contributed by atoms with Gasteiger partial charge in [0.25, 0.3) is 0 Å². The lowest BCUT2D eigenvalue weighted by atomic mass is 10.2. The van der Waals surface area contributed by atoms with E-state index in [0.717, 1.165) is 51.3 Å². The molecule has 0 bridgehead atoms.